The molecule has 112 valence electrons. The Hall–Kier alpha value is -2.25. The van der Waals surface area contributed by atoms with Crippen LogP contribution in [0.5, 0.6) is 0 Å². The summed E-state index contributed by atoms with van der Waals surface area (Å²) in [5, 5.41) is 10.8. The highest BCUT2D eigenvalue weighted by Crippen LogP contribution is 2.25. The largest absolute Gasteiger partial charge is 0.340 e. The topological polar surface area (TPSA) is 81.7 Å². The van der Waals surface area contributed by atoms with Crippen LogP contribution in [-0.4, -0.2) is 53.7 Å². The molecule has 1 aliphatic rings. The molecule has 3 rings (SSSR count). The van der Waals surface area contributed by atoms with Crippen molar-refractivity contribution in [1.29, 1.82) is 0 Å². The van der Waals surface area contributed by atoms with E-state index in [0.29, 0.717) is 5.92 Å². The number of tetrazole rings is 1. The van der Waals surface area contributed by atoms with Gasteiger partial charge in [-0.1, -0.05) is 0 Å². The first-order valence-corrected chi connectivity index (χ1v) is 7.27. The van der Waals surface area contributed by atoms with Gasteiger partial charge in [-0.15, -0.1) is 5.10 Å². The maximum absolute atomic E-state index is 12.3. The summed E-state index contributed by atoms with van der Waals surface area (Å²) >= 11 is 0. The second kappa shape index (κ2) is 6.02. The van der Waals surface area contributed by atoms with Gasteiger partial charge in [-0.2, -0.15) is 0 Å². The average molecular weight is 289 g/mol. The average Bonchev–Trinajstić information content (AvgIpc) is 3.18. The number of likely N-dealkylation sites (tertiary alicyclic amines) is 1. The van der Waals surface area contributed by atoms with Crippen LogP contribution in [0.4, 0.5) is 0 Å². The summed E-state index contributed by atoms with van der Waals surface area (Å²) in [4.78, 5) is 18.7. The molecule has 21 heavy (non-hydrogen) atoms. The lowest BCUT2D eigenvalue weighted by Gasteiger charge is -2.32. The molecule has 0 aliphatic carbocycles. The second-order valence-electron chi connectivity index (χ2n) is 5.26. The number of rotatable bonds is 4. The van der Waals surface area contributed by atoms with Crippen molar-refractivity contribution in [2.75, 3.05) is 13.1 Å². The molecule has 8 heteroatoms. The number of imidazole rings is 1. The molecule has 3 heterocycles. The molecule has 1 amide bonds. The van der Waals surface area contributed by atoms with Crippen LogP contribution in [0.25, 0.3) is 0 Å². The minimum Gasteiger partial charge on any atom is -0.340 e. The fourth-order valence-corrected chi connectivity index (χ4v) is 2.85. The molecular weight excluding hydrogens is 270 g/mol. The third kappa shape index (κ3) is 2.93. The SMILES string of the molecule is CCn1ccnc1C1CCCN(C(=O)Cn2cnnn2)C1. The number of carbonyl (C=O) groups excluding carboxylic acids is 1. The van der Waals surface area contributed by atoms with E-state index in [9.17, 15) is 4.79 Å². The van der Waals surface area contributed by atoms with Gasteiger partial charge < -0.3 is 9.47 Å². The van der Waals surface area contributed by atoms with E-state index >= 15 is 0 Å². The standard InChI is InChI=1S/C13H19N7O/c1-2-18-7-5-14-13(18)11-4-3-6-19(8-11)12(21)9-20-10-15-16-17-20/h5,7,10-11H,2-4,6,8-9H2,1H3. The molecule has 0 N–H and O–H groups in total. The monoisotopic (exact) mass is 289 g/mol. The van der Waals surface area contributed by atoms with E-state index in [2.05, 4.69) is 32.0 Å². The van der Waals surface area contributed by atoms with Crippen LogP contribution in [0.3, 0.4) is 0 Å². The normalized spacial score (nSPS) is 18.9. The number of amides is 1. The molecule has 1 fully saturated rings. The zero-order valence-corrected chi connectivity index (χ0v) is 12.1. The Balaban J connectivity index is 1.67. The zero-order chi connectivity index (χ0) is 14.7. The molecule has 2 aromatic rings. The number of nitrogens with zero attached hydrogens (tertiary/aromatic N) is 7. The predicted octanol–water partition coefficient (Wildman–Crippen LogP) is 0.296. The number of piperidine rings is 1. The fourth-order valence-electron chi connectivity index (χ4n) is 2.85. The van der Waals surface area contributed by atoms with Gasteiger partial charge in [-0.3, -0.25) is 4.79 Å². The van der Waals surface area contributed by atoms with Crippen molar-refractivity contribution in [3.63, 3.8) is 0 Å². The summed E-state index contributed by atoms with van der Waals surface area (Å²) < 4.78 is 3.61. The second-order valence-corrected chi connectivity index (χ2v) is 5.26. The highest BCUT2D eigenvalue weighted by molar-refractivity contribution is 5.76. The Morgan fingerprint density at radius 1 is 1.48 bits per heavy atom. The van der Waals surface area contributed by atoms with Crippen LogP contribution in [0.2, 0.25) is 0 Å². The van der Waals surface area contributed by atoms with E-state index in [1.807, 2.05) is 17.3 Å². The quantitative estimate of drug-likeness (QED) is 0.808. The maximum atomic E-state index is 12.3. The molecule has 0 saturated carbocycles. The molecule has 0 aromatic carbocycles. The molecule has 8 nitrogen and oxygen atoms in total. The van der Waals surface area contributed by atoms with E-state index in [1.165, 1.54) is 11.0 Å². The molecule has 1 unspecified atom stereocenters. The highest BCUT2D eigenvalue weighted by atomic mass is 16.2. The van der Waals surface area contributed by atoms with Crippen LogP contribution in [0, 0.1) is 0 Å². The molecule has 1 atom stereocenters. The first-order chi connectivity index (χ1) is 10.3. The molecule has 1 saturated heterocycles. The van der Waals surface area contributed by atoms with E-state index in [-0.39, 0.29) is 12.5 Å². The van der Waals surface area contributed by atoms with E-state index in [4.69, 9.17) is 0 Å². The van der Waals surface area contributed by atoms with Gasteiger partial charge in [0.05, 0.1) is 0 Å². The molecule has 0 radical (unpaired) electrons. The summed E-state index contributed by atoms with van der Waals surface area (Å²) in [6.07, 6.45) is 7.37. The molecule has 0 spiro atoms. The van der Waals surface area contributed by atoms with Gasteiger partial charge in [0.2, 0.25) is 5.91 Å². The van der Waals surface area contributed by atoms with E-state index < -0.39 is 0 Å². The fraction of sp³-hybridized carbons (Fsp3) is 0.615. The lowest BCUT2D eigenvalue weighted by atomic mass is 9.97. The van der Waals surface area contributed by atoms with Crippen LogP contribution >= 0.6 is 0 Å². The van der Waals surface area contributed by atoms with Crippen molar-refractivity contribution in [3.8, 4) is 0 Å². The molecule has 0 bridgehead atoms. The Bertz CT molecular complexity index is 591. The Kier molecular flexibility index (Phi) is 3.94. The minimum absolute atomic E-state index is 0.0570. The van der Waals surface area contributed by atoms with Gasteiger partial charge in [-0.05, 0) is 30.2 Å². The van der Waals surface area contributed by atoms with Gasteiger partial charge in [0.1, 0.15) is 18.7 Å². The first kappa shape index (κ1) is 13.7. The first-order valence-electron chi connectivity index (χ1n) is 7.27. The van der Waals surface area contributed by atoms with Crippen molar-refractivity contribution in [2.45, 2.75) is 38.8 Å². The predicted molar refractivity (Wildman–Crippen MR) is 74.3 cm³/mol. The van der Waals surface area contributed by atoms with Crippen molar-refractivity contribution >= 4 is 5.91 Å². The number of aromatic nitrogens is 6. The zero-order valence-electron chi connectivity index (χ0n) is 12.1. The molecule has 1 aliphatic heterocycles. The van der Waals surface area contributed by atoms with Gasteiger partial charge in [0, 0.05) is 37.9 Å². The number of carbonyl (C=O) groups is 1. The van der Waals surface area contributed by atoms with Gasteiger partial charge >= 0.3 is 0 Å². The summed E-state index contributed by atoms with van der Waals surface area (Å²) in [6, 6.07) is 0. The van der Waals surface area contributed by atoms with Crippen molar-refractivity contribution in [2.24, 2.45) is 0 Å². The smallest absolute Gasteiger partial charge is 0.244 e. The van der Waals surface area contributed by atoms with Gasteiger partial charge in [0.25, 0.3) is 0 Å². The summed E-state index contributed by atoms with van der Waals surface area (Å²) in [5.41, 5.74) is 0. The van der Waals surface area contributed by atoms with Gasteiger partial charge in [0.15, 0.2) is 0 Å². The third-order valence-electron chi connectivity index (χ3n) is 3.92. The number of hydrogen-bond donors (Lipinski definition) is 0. The van der Waals surface area contributed by atoms with Crippen molar-refractivity contribution in [3.05, 3.63) is 24.5 Å². The Morgan fingerprint density at radius 3 is 3.14 bits per heavy atom. The van der Waals surface area contributed by atoms with Crippen LogP contribution in [0.15, 0.2) is 18.7 Å². The summed E-state index contributed by atoms with van der Waals surface area (Å²) in [6.45, 7) is 4.73. The van der Waals surface area contributed by atoms with Crippen LogP contribution in [0.1, 0.15) is 31.5 Å². The lowest BCUT2D eigenvalue weighted by Crippen LogP contribution is -2.41. The third-order valence-corrected chi connectivity index (χ3v) is 3.92. The Morgan fingerprint density at radius 2 is 2.38 bits per heavy atom. The number of hydrogen-bond acceptors (Lipinski definition) is 5. The van der Waals surface area contributed by atoms with E-state index in [1.54, 1.807) is 0 Å². The Labute approximate surface area is 122 Å². The molecule has 2 aromatic heterocycles. The summed E-state index contributed by atoms with van der Waals surface area (Å²) in [7, 11) is 0. The van der Waals surface area contributed by atoms with Gasteiger partial charge in [-0.25, -0.2) is 9.67 Å². The van der Waals surface area contributed by atoms with Crippen LogP contribution in [-0.2, 0) is 17.9 Å². The minimum atomic E-state index is 0.0570. The van der Waals surface area contributed by atoms with Crippen LogP contribution < -0.4 is 0 Å². The van der Waals surface area contributed by atoms with E-state index in [0.717, 1.165) is 38.3 Å². The number of aryl methyl sites for hydroxylation is 1. The van der Waals surface area contributed by atoms with Crippen molar-refractivity contribution < 1.29 is 4.79 Å². The van der Waals surface area contributed by atoms with Crippen molar-refractivity contribution in [1.82, 2.24) is 34.7 Å². The summed E-state index contributed by atoms with van der Waals surface area (Å²) in [5.74, 6) is 1.45. The maximum Gasteiger partial charge on any atom is 0.244 e. The molecular formula is C13H19N7O. The lowest BCUT2D eigenvalue weighted by molar-refractivity contribution is -0.133. The highest BCUT2D eigenvalue weighted by Gasteiger charge is 2.27.